The largest absolute Gasteiger partial charge is 0.497 e. The van der Waals surface area contributed by atoms with Gasteiger partial charge in [-0.1, -0.05) is 0 Å². The third-order valence-electron chi connectivity index (χ3n) is 2.94. The van der Waals surface area contributed by atoms with Crippen LogP contribution in [-0.4, -0.2) is 12.2 Å². The Morgan fingerprint density at radius 1 is 1.16 bits per heavy atom. The van der Waals surface area contributed by atoms with Crippen LogP contribution >= 0.6 is 0 Å². The highest BCUT2D eigenvalue weighted by molar-refractivity contribution is 5.38. The minimum absolute atomic E-state index is 0.0612. The standard InChI is InChI=1S/C14H14F2O3/c1-7-4-10(8(2)19-7)14(17)13-11(15)5-9(18-3)6-12(13)16/h4-6,14,17H,1-3H3. The molecule has 0 fully saturated rings. The van der Waals surface area contributed by atoms with Gasteiger partial charge in [-0.2, -0.15) is 0 Å². The zero-order chi connectivity index (χ0) is 14.2. The maximum absolute atomic E-state index is 13.9. The lowest BCUT2D eigenvalue weighted by molar-refractivity contribution is 0.206. The Balaban J connectivity index is 2.50. The molecule has 0 spiro atoms. The Kier molecular flexibility index (Phi) is 3.57. The van der Waals surface area contributed by atoms with E-state index in [-0.39, 0.29) is 5.75 Å². The molecular formula is C14H14F2O3. The molecule has 0 aliphatic carbocycles. The predicted octanol–water partition coefficient (Wildman–Crippen LogP) is 3.26. The molecule has 1 aromatic carbocycles. The van der Waals surface area contributed by atoms with E-state index < -0.39 is 23.3 Å². The minimum atomic E-state index is -1.41. The van der Waals surface area contributed by atoms with Crippen molar-refractivity contribution in [3.05, 3.63) is 52.5 Å². The van der Waals surface area contributed by atoms with Gasteiger partial charge in [-0.15, -0.1) is 0 Å². The van der Waals surface area contributed by atoms with Crippen LogP contribution in [0.3, 0.4) is 0 Å². The summed E-state index contributed by atoms with van der Waals surface area (Å²) in [7, 11) is 1.31. The number of hydrogen-bond donors (Lipinski definition) is 1. The zero-order valence-electron chi connectivity index (χ0n) is 10.8. The fraction of sp³-hybridized carbons (Fsp3) is 0.286. The van der Waals surface area contributed by atoms with Crippen molar-refractivity contribution in [1.82, 2.24) is 0 Å². The molecule has 3 nitrogen and oxygen atoms in total. The molecule has 0 aliphatic rings. The van der Waals surface area contributed by atoms with Crippen LogP contribution in [0.4, 0.5) is 8.78 Å². The molecule has 0 saturated carbocycles. The van der Waals surface area contributed by atoms with Crippen LogP contribution in [0.25, 0.3) is 0 Å². The summed E-state index contributed by atoms with van der Waals surface area (Å²) < 4.78 is 37.7. The lowest BCUT2D eigenvalue weighted by Gasteiger charge is -2.13. The first-order valence-corrected chi connectivity index (χ1v) is 5.72. The summed E-state index contributed by atoms with van der Waals surface area (Å²) in [6, 6.07) is 3.62. The van der Waals surface area contributed by atoms with Gasteiger partial charge in [0, 0.05) is 17.7 Å². The Bertz CT molecular complexity index is 582. The fourth-order valence-electron chi connectivity index (χ4n) is 2.02. The van der Waals surface area contributed by atoms with E-state index in [1.54, 1.807) is 19.9 Å². The molecule has 1 aromatic heterocycles. The second kappa shape index (κ2) is 5.01. The van der Waals surface area contributed by atoms with Gasteiger partial charge in [0.15, 0.2) is 0 Å². The van der Waals surface area contributed by atoms with E-state index in [0.717, 1.165) is 12.1 Å². The molecule has 0 aliphatic heterocycles. The average Bonchev–Trinajstić information content (AvgIpc) is 2.67. The van der Waals surface area contributed by atoms with E-state index in [1.165, 1.54) is 7.11 Å². The first kappa shape index (κ1) is 13.5. The topological polar surface area (TPSA) is 42.6 Å². The quantitative estimate of drug-likeness (QED) is 0.929. The monoisotopic (exact) mass is 268 g/mol. The minimum Gasteiger partial charge on any atom is -0.497 e. The van der Waals surface area contributed by atoms with Gasteiger partial charge >= 0.3 is 0 Å². The van der Waals surface area contributed by atoms with Crippen molar-refractivity contribution in [1.29, 1.82) is 0 Å². The maximum Gasteiger partial charge on any atom is 0.135 e. The highest BCUT2D eigenvalue weighted by Crippen LogP contribution is 2.32. The summed E-state index contributed by atoms with van der Waals surface area (Å²) in [6.07, 6.45) is -1.41. The summed E-state index contributed by atoms with van der Waals surface area (Å²) in [5.41, 5.74) is -0.0647. The van der Waals surface area contributed by atoms with E-state index in [0.29, 0.717) is 17.1 Å². The average molecular weight is 268 g/mol. The van der Waals surface area contributed by atoms with Crippen LogP contribution in [0.15, 0.2) is 22.6 Å². The van der Waals surface area contributed by atoms with Crippen LogP contribution in [0.2, 0.25) is 0 Å². The number of aryl methyl sites for hydroxylation is 2. The van der Waals surface area contributed by atoms with Crippen LogP contribution in [0.1, 0.15) is 28.8 Å². The zero-order valence-corrected chi connectivity index (χ0v) is 10.8. The van der Waals surface area contributed by atoms with Crippen LogP contribution < -0.4 is 4.74 Å². The molecule has 1 N–H and O–H groups in total. The van der Waals surface area contributed by atoms with E-state index in [9.17, 15) is 13.9 Å². The molecule has 0 amide bonds. The van der Waals surface area contributed by atoms with Gasteiger partial charge in [0.1, 0.15) is 35.0 Å². The van der Waals surface area contributed by atoms with Gasteiger partial charge in [-0.3, -0.25) is 0 Å². The van der Waals surface area contributed by atoms with Gasteiger partial charge < -0.3 is 14.3 Å². The number of ether oxygens (including phenoxy) is 1. The Morgan fingerprint density at radius 3 is 2.16 bits per heavy atom. The lowest BCUT2D eigenvalue weighted by atomic mass is 10.0. The second-order valence-corrected chi connectivity index (χ2v) is 4.28. The molecule has 1 heterocycles. The molecule has 0 radical (unpaired) electrons. The van der Waals surface area contributed by atoms with E-state index in [4.69, 9.17) is 9.15 Å². The number of benzene rings is 1. The van der Waals surface area contributed by atoms with Crippen molar-refractivity contribution in [3.63, 3.8) is 0 Å². The van der Waals surface area contributed by atoms with Crippen LogP contribution in [0.5, 0.6) is 5.75 Å². The number of furan rings is 1. The number of aliphatic hydroxyl groups excluding tert-OH is 1. The van der Waals surface area contributed by atoms with Gasteiger partial charge in [0.05, 0.1) is 12.7 Å². The molecule has 102 valence electrons. The number of methoxy groups -OCH3 is 1. The van der Waals surface area contributed by atoms with Crippen molar-refractivity contribution < 1.29 is 23.0 Å². The summed E-state index contributed by atoms with van der Waals surface area (Å²) in [5, 5.41) is 10.1. The Hall–Kier alpha value is -1.88. The summed E-state index contributed by atoms with van der Waals surface area (Å²) in [4.78, 5) is 0. The highest BCUT2D eigenvalue weighted by atomic mass is 19.1. The Morgan fingerprint density at radius 2 is 1.74 bits per heavy atom. The Labute approximate surface area is 109 Å². The van der Waals surface area contributed by atoms with E-state index in [1.807, 2.05) is 0 Å². The molecule has 0 bridgehead atoms. The van der Waals surface area contributed by atoms with Gasteiger partial charge in [0.25, 0.3) is 0 Å². The van der Waals surface area contributed by atoms with Crippen molar-refractivity contribution in [3.8, 4) is 5.75 Å². The molecule has 2 rings (SSSR count). The van der Waals surface area contributed by atoms with Gasteiger partial charge in [-0.05, 0) is 19.9 Å². The fourth-order valence-corrected chi connectivity index (χ4v) is 2.02. The highest BCUT2D eigenvalue weighted by Gasteiger charge is 2.24. The molecule has 1 atom stereocenters. The third kappa shape index (κ3) is 2.46. The normalized spacial score (nSPS) is 12.5. The molecule has 0 saturated heterocycles. The third-order valence-corrected chi connectivity index (χ3v) is 2.94. The van der Waals surface area contributed by atoms with Crippen molar-refractivity contribution in [2.24, 2.45) is 0 Å². The molecule has 1 unspecified atom stereocenters. The summed E-state index contributed by atoms with van der Waals surface area (Å²) in [6.45, 7) is 3.33. The molecular weight excluding hydrogens is 254 g/mol. The second-order valence-electron chi connectivity index (χ2n) is 4.28. The first-order chi connectivity index (χ1) is 8.93. The number of rotatable bonds is 3. The van der Waals surface area contributed by atoms with Crippen LogP contribution in [-0.2, 0) is 0 Å². The smallest absolute Gasteiger partial charge is 0.135 e. The number of halogens is 2. The predicted molar refractivity (Wildman–Crippen MR) is 65.2 cm³/mol. The number of hydrogen-bond acceptors (Lipinski definition) is 3. The van der Waals surface area contributed by atoms with Crippen molar-refractivity contribution >= 4 is 0 Å². The van der Waals surface area contributed by atoms with Gasteiger partial charge in [-0.25, -0.2) is 8.78 Å². The van der Waals surface area contributed by atoms with Crippen molar-refractivity contribution in [2.75, 3.05) is 7.11 Å². The van der Waals surface area contributed by atoms with E-state index >= 15 is 0 Å². The summed E-state index contributed by atoms with van der Waals surface area (Å²) in [5.74, 6) is -0.656. The van der Waals surface area contributed by atoms with Crippen LogP contribution in [0, 0.1) is 25.5 Å². The first-order valence-electron chi connectivity index (χ1n) is 5.72. The molecule has 5 heteroatoms. The van der Waals surface area contributed by atoms with E-state index in [2.05, 4.69) is 0 Å². The summed E-state index contributed by atoms with van der Waals surface area (Å²) >= 11 is 0. The number of aliphatic hydroxyl groups is 1. The molecule has 19 heavy (non-hydrogen) atoms. The molecule has 2 aromatic rings. The van der Waals surface area contributed by atoms with Crippen molar-refractivity contribution in [2.45, 2.75) is 20.0 Å². The SMILES string of the molecule is COc1cc(F)c(C(O)c2cc(C)oc2C)c(F)c1. The van der Waals surface area contributed by atoms with Gasteiger partial charge in [0.2, 0.25) is 0 Å². The lowest BCUT2D eigenvalue weighted by Crippen LogP contribution is -2.06. The maximum atomic E-state index is 13.9.